The van der Waals surface area contributed by atoms with Crippen molar-refractivity contribution in [3.05, 3.63) is 54.4 Å². The lowest BCUT2D eigenvalue weighted by Crippen LogP contribution is -2.31. The lowest BCUT2D eigenvalue weighted by Gasteiger charge is -2.15. The van der Waals surface area contributed by atoms with Crippen molar-refractivity contribution in [3.63, 3.8) is 0 Å². The first-order chi connectivity index (χ1) is 11.5. The number of aromatic nitrogens is 1. The predicted octanol–water partition coefficient (Wildman–Crippen LogP) is 2.22. The smallest absolute Gasteiger partial charge is 0.319 e. The van der Waals surface area contributed by atoms with Gasteiger partial charge in [0.1, 0.15) is 5.75 Å². The molecular weight excluding hydrogens is 308 g/mol. The molecule has 1 aromatic carbocycles. The van der Waals surface area contributed by atoms with Gasteiger partial charge in [0, 0.05) is 18.1 Å². The number of amides is 3. The van der Waals surface area contributed by atoms with E-state index in [2.05, 4.69) is 15.6 Å². The second-order valence-electron chi connectivity index (χ2n) is 5.19. The van der Waals surface area contributed by atoms with Crippen molar-refractivity contribution < 1.29 is 14.3 Å². The molecule has 7 heteroatoms. The van der Waals surface area contributed by atoms with Crippen LogP contribution in [-0.4, -0.2) is 23.5 Å². The van der Waals surface area contributed by atoms with E-state index in [0.717, 1.165) is 5.56 Å². The number of pyridine rings is 1. The number of hydrogen-bond acceptors (Lipinski definition) is 4. The van der Waals surface area contributed by atoms with Crippen LogP contribution in [0.4, 0.5) is 10.5 Å². The summed E-state index contributed by atoms with van der Waals surface area (Å²) >= 11 is 0. The van der Waals surface area contributed by atoms with Crippen LogP contribution < -0.4 is 21.1 Å². The number of nitrogens with two attached hydrogens (primary N) is 1. The van der Waals surface area contributed by atoms with E-state index in [4.69, 9.17) is 10.5 Å². The highest BCUT2D eigenvalue weighted by molar-refractivity contribution is 5.89. The maximum atomic E-state index is 12.0. The summed E-state index contributed by atoms with van der Waals surface area (Å²) in [5.74, 6) is 0.195. The van der Waals surface area contributed by atoms with Gasteiger partial charge in [0.2, 0.25) is 5.91 Å². The Kier molecular flexibility index (Phi) is 6.13. The van der Waals surface area contributed by atoms with Gasteiger partial charge < -0.3 is 21.1 Å². The SMILES string of the molecule is CC(NC(=O)Nc1ccc(OCCC(N)=O)cc1)c1ccncc1. The number of benzene rings is 1. The molecule has 1 unspecified atom stereocenters. The van der Waals surface area contributed by atoms with Crippen LogP contribution in [0, 0.1) is 0 Å². The van der Waals surface area contributed by atoms with Crippen molar-refractivity contribution >= 4 is 17.6 Å². The molecule has 1 atom stereocenters. The predicted molar refractivity (Wildman–Crippen MR) is 90.6 cm³/mol. The van der Waals surface area contributed by atoms with Gasteiger partial charge in [0.05, 0.1) is 19.1 Å². The molecule has 24 heavy (non-hydrogen) atoms. The quantitative estimate of drug-likeness (QED) is 0.724. The van der Waals surface area contributed by atoms with E-state index in [1.165, 1.54) is 0 Å². The fourth-order valence-electron chi connectivity index (χ4n) is 2.00. The Morgan fingerprint density at radius 2 is 1.83 bits per heavy atom. The van der Waals surface area contributed by atoms with Gasteiger partial charge in [-0.05, 0) is 48.9 Å². The van der Waals surface area contributed by atoms with Crippen LogP contribution in [-0.2, 0) is 4.79 Å². The van der Waals surface area contributed by atoms with Gasteiger partial charge in [-0.25, -0.2) is 4.79 Å². The third-order valence-corrected chi connectivity index (χ3v) is 3.28. The number of anilines is 1. The molecule has 0 saturated heterocycles. The zero-order chi connectivity index (χ0) is 17.4. The second-order valence-corrected chi connectivity index (χ2v) is 5.19. The van der Waals surface area contributed by atoms with Gasteiger partial charge in [-0.3, -0.25) is 9.78 Å². The van der Waals surface area contributed by atoms with E-state index in [9.17, 15) is 9.59 Å². The summed E-state index contributed by atoms with van der Waals surface area (Å²) in [5, 5.41) is 5.59. The Bertz CT molecular complexity index is 674. The van der Waals surface area contributed by atoms with Crippen molar-refractivity contribution in [1.29, 1.82) is 0 Å². The minimum absolute atomic E-state index is 0.135. The van der Waals surface area contributed by atoms with Crippen molar-refractivity contribution in [2.24, 2.45) is 5.73 Å². The minimum atomic E-state index is -0.409. The topological polar surface area (TPSA) is 106 Å². The molecule has 0 radical (unpaired) electrons. The molecule has 1 aromatic heterocycles. The zero-order valence-corrected chi connectivity index (χ0v) is 13.4. The summed E-state index contributed by atoms with van der Waals surface area (Å²) in [6.45, 7) is 2.12. The molecule has 7 nitrogen and oxygen atoms in total. The van der Waals surface area contributed by atoms with Gasteiger partial charge >= 0.3 is 6.03 Å². The number of nitrogens with one attached hydrogen (secondary N) is 2. The van der Waals surface area contributed by atoms with Crippen LogP contribution >= 0.6 is 0 Å². The first-order valence-electron chi connectivity index (χ1n) is 7.53. The molecule has 126 valence electrons. The fourth-order valence-corrected chi connectivity index (χ4v) is 2.00. The van der Waals surface area contributed by atoms with E-state index in [0.29, 0.717) is 11.4 Å². The third-order valence-electron chi connectivity index (χ3n) is 3.28. The van der Waals surface area contributed by atoms with Crippen LogP contribution in [0.3, 0.4) is 0 Å². The van der Waals surface area contributed by atoms with Crippen LogP contribution in [0.15, 0.2) is 48.8 Å². The first kappa shape index (κ1) is 17.3. The molecule has 3 amide bonds. The number of carbonyl (C=O) groups is 2. The molecular formula is C17H20N4O3. The van der Waals surface area contributed by atoms with E-state index < -0.39 is 5.91 Å². The van der Waals surface area contributed by atoms with Gasteiger partial charge in [0.15, 0.2) is 0 Å². The Morgan fingerprint density at radius 1 is 1.17 bits per heavy atom. The lowest BCUT2D eigenvalue weighted by molar-refractivity contribution is -0.118. The van der Waals surface area contributed by atoms with Gasteiger partial charge in [-0.15, -0.1) is 0 Å². The number of rotatable bonds is 7. The Labute approximate surface area is 140 Å². The number of carbonyl (C=O) groups excluding carboxylic acids is 2. The van der Waals surface area contributed by atoms with E-state index in [1.807, 2.05) is 19.1 Å². The highest BCUT2D eigenvalue weighted by Crippen LogP contribution is 2.16. The molecule has 0 bridgehead atoms. The molecule has 0 aliphatic heterocycles. The van der Waals surface area contributed by atoms with Crippen molar-refractivity contribution in [1.82, 2.24) is 10.3 Å². The second kappa shape index (κ2) is 8.52. The highest BCUT2D eigenvalue weighted by Gasteiger charge is 2.09. The van der Waals surface area contributed by atoms with Crippen LogP contribution in [0.5, 0.6) is 5.75 Å². The minimum Gasteiger partial charge on any atom is -0.493 e. The number of urea groups is 1. The van der Waals surface area contributed by atoms with Crippen molar-refractivity contribution in [2.45, 2.75) is 19.4 Å². The number of primary amides is 1. The molecule has 0 fully saturated rings. The summed E-state index contributed by atoms with van der Waals surface area (Å²) in [6, 6.07) is 10.1. The maximum Gasteiger partial charge on any atom is 0.319 e. The Balaban J connectivity index is 1.82. The number of nitrogens with zero attached hydrogens (tertiary/aromatic N) is 1. The molecule has 2 aromatic rings. The molecule has 0 spiro atoms. The van der Waals surface area contributed by atoms with E-state index >= 15 is 0 Å². The van der Waals surface area contributed by atoms with Gasteiger partial charge in [0.25, 0.3) is 0 Å². The molecule has 0 aliphatic rings. The third kappa shape index (κ3) is 5.60. The van der Waals surface area contributed by atoms with Crippen molar-refractivity contribution in [3.8, 4) is 5.75 Å². The number of ether oxygens (including phenoxy) is 1. The molecule has 2 rings (SSSR count). The fraction of sp³-hybridized carbons (Fsp3) is 0.235. The molecule has 1 heterocycles. The van der Waals surface area contributed by atoms with Crippen molar-refractivity contribution in [2.75, 3.05) is 11.9 Å². The largest absolute Gasteiger partial charge is 0.493 e. The summed E-state index contributed by atoms with van der Waals surface area (Å²) in [6.07, 6.45) is 3.53. The zero-order valence-electron chi connectivity index (χ0n) is 13.4. The average molecular weight is 328 g/mol. The Hall–Kier alpha value is -3.09. The van der Waals surface area contributed by atoms with Gasteiger partial charge in [-0.2, -0.15) is 0 Å². The molecule has 0 saturated carbocycles. The molecule has 0 aliphatic carbocycles. The first-order valence-corrected chi connectivity index (χ1v) is 7.53. The summed E-state index contributed by atoms with van der Waals surface area (Å²) in [4.78, 5) is 26.6. The number of hydrogen-bond donors (Lipinski definition) is 3. The summed E-state index contributed by atoms with van der Waals surface area (Å²) in [7, 11) is 0. The lowest BCUT2D eigenvalue weighted by atomic mass is 10.1. The van der Waals surface area contributed by atoms with E-state index in [1.54, 1.807) is 36.7 Å². The summed E-state index contributed by atoms with van der Waals surface area (Å²) in [5.41, 5.74) is 6.65. The van der Waals surface area contributed by atoms with Gasteiger partial charge in [-0.1, -0.05) is 0 Å². The standard InChI is InChI=1S/C17H20N4O3/c1-12(13-6-9-19-10-7-13)20-17(23)21-14-2-4-15(5-3-14)24-11-8-16(18)22/h2-7,9-10,12H,8,11H2,1H3,(H2,18,22)(H2,20,21,23). The highest BCUT2D eigenvalue weighted by atomic mass is 16.5. The van der Waals surface area contributed by atoms with Crippen LogP contribution in [0.2, 0.25) is 0 Å². The average Bonchev–Trinajstić information content (AvgIpc) is 2.57. The van der Waals surface area contributed by atoms with E-state index in [-0.39, 0.29) is 25.1 Å². The van der Waals surface area contributed by atoms with Crippen LogP contribution in [0.1, 0.15) is 24.9 Å². The van der Waals surface area contributed by atoms with Crippen LogP contribution in [0.25, 0.3) is 0 Å². The Morgan fingerprint density at radius 3 is 2.46 bits per heavy atom. The maximum absolute atomic E-state index is 12.0. The monoisotopic (exact) mass is 328 g/mol. The molecule has 4 N–H and O–H groups in total. The normalized spacial score (nSPS) is 11.4. The summed E-state index contributed by atoms with van der Waals surface area (Å²) < 4.78 is 5.36.